The zero-order valence-electron chi connectivity index (χ0n) is 16.0. The lowest BCUT2D eigenvalue weighted by molar-refractivity contribution is -0.137. The van der Waals surface area contributed by atoms with Crippen molar-refractivity contribution < 1.29 is 20.1 Å². The second-order valence-corrected chi connectivity index (χ2v) is 10.4. The molecule has 1 aromatic carbocycles. The molecule has 0 radical (unpaired) electrons. The van der Waals surface area contributed by atoms with Crippen molar-refractivity contribution in [3.8, 4) is 0 Å². The minimum absolute atomic E-state index is 0.119. The highest BCUT2D eigenvalue weighted by Gasteiger charge is 2.44. The zero-order valence-corrected chi connectivity index (χ0v) is 17.7. The van der Waals surface area contributed by atoms with Gasteiger partial charge in [0.05, 0.1) is 12.2 Å². The number of aliphatic hydroxyl groups is 2. The molecule has 0 bridgehead atoms. The van der Waals surface area contributed by atoms with Crippen molar-refractivity contribution in [1.82, 2.24) is 0 Å². The molecular weight excluding hydrogens is 392 g/mol. The van der Waals surface area contributed by atoms with Crippen LogP contribution in [0, 0.1) is 11.8 Å². The number of carboxylic acid groups (broad SMARTS) is 1. The Labute approximate surface area is 175 Å². The Kier molecular flexibility index (Phi) is 8.33. The minimum atomic E-state index is -0.718. The predicted octanol–water partition coefficient (Wildman–Crippen LogP) is 4.21. The third-order valence-electron chi connectivity index (χ3n) is 5.72. The van der Waals surface area contributed by atoms with Crippen LogP contribution in [0.15, 0.2) is 47.4 Å². The number of aliphatic carboxylic acids is 1. The molecule has 6 heteroatoms. The summed E-state index contributed by atoms with van der Waals surface area (Å²) in [5.74, 6) is 0.469. The second kappa shape index (κ2) is 10.7. The molecule has 3 N–H and O–H groups in total. The highest BCUT2D eigenvalue weighted by atomic mass is 32.2. The maximum atomic E-state index is 10.7. The summed E-state index contributed by atoms with van der Waals surface area (Å²) >= 11 is 3.58. The Morgan fingerprint density at radius 2 is 2.07 bits per heavy atom. The van der Waals surface area contributed by atoms with Crippen molar-refractivity contribution in [2.45, 2.75) is 66.1 Å². The first kappa shape index (κ1) is 21.8. The average molecular weight is 423 g/mol. The molecule has 2 fully saturated rings. The predicted molar refractivity (Wildman–Crippen MR) is 116 cm³/mol. The highest BCUT2D eigenvalue weighted by molar-refractivity contribution is 8.00. The van der Waals surface area contributed by atoms with Gasteiger partial charge in [-0.15, -0.1) is 11.8 Å². The number of carbonyl (C=O) groups is 1. The molecule has 1 aliphatic carbocycles. The van der Waals surface area contributed by atoms with Gasteiger partial charge in [0, 0.05) is 33.5 Å². The van der Waals surface area contributed by atoms with E-state index in [0.29, 0.717) is 22.2 Å². The number of hydrogen-bond acceptors (Lipinski definition) is 5. The van der Waals surface area contributed by atoms with E-state index in [-0.39, 0.29) is 18.4 Å². The summed E-state index contributed by atoms with van der Waals surface area (Å²) in [6.45, 7) is 0. The Morgan fingerprint density at radius 3 is 2.82 bits per heavy atom. The number of rotatable bonds is 9. The average Bonchev–Trinajstić information content (AvgIpc) is 2.99. The summed E-state index contributed by atoms with van der Waals surface area (Å²) in [5, 5.41) is 30.6. The van der Waals surface area contributed by atoms with Gasteiger partial charge in [-0.05, 0) is 50.2 Å². The van der Waals surface area contributed by atoms with Crippen LogP contribution in [0.3, 0.4) is 0 Å². The van der Waals surface area contributed by atoms with Gasteiger partial charge in [0.15, 0.2) is 0 Å². The number of benzene rings is 1. The van der Waals surface area contributed by atoms with Crippen LogP contribution in [-0.2, 0) is 4.79 Å². The second-order valence-electron chi connectivity index (χ2n) is 7.78. The van der Waals surface area contributed by atoms with Crippen molar-refractivity contribution in [2.75, 3.05) is 5.75 Å². The molecule has 1 aliphatic heterocycles. The third-order valence-corrected chi connectivity index (χ3v) is 8.58. The standard InChI is InChI=1S/C22H30O4S2/c23-15(14-27-16-5-2-1-3-6-16)9-11-18-19-12-10-17(7-4-8-22(25)26)28-21(19)13-20(18)24/h1-3,5-6,9,11,15,17-21,23-24H,4,7-8,10,12-14H2,(H,25,26)/b11-9+/t15-,17+,18-,19-,20-,21+/m1/s1. The van der Waals surface area contributed by atoms with Crippen molar-refractivity contribution in [3.63, 3.8) is 0 Å². The van der Waals surface area contributed by atoms with Crippen LogP contribution < -0.4 is 0 Å². The summed E-state index contributed by atoms with van der Waals surface area (Å²) in [7, 11) is 0. The van der Waals surface area contributed by atoms with E-state index >= 15 is 0 Å². The van der Waals surface area contributed by atoms with E-state index in [4.69, 9.17) is 5.11 Å². The SMILES string of the molecule is O=C(O)CCC[C@H]1CC[C@@H]2[C@@H](/C=C/[C@@H](O)CSc3ccccc3)[C@H](O)C[C@@H]2S1. The van der Waals surface area contributed by atoms with E-state index in [1.807, 2.05) is 54.2 Å². The van der Waals surface area contributed by atoms with Crippen LogP contribution in [0.5, 0.6) is 0 Å². The van der Waals surface area contributed by atoms with Gasteiger partial charge in [0.25, 0.3) is 0 Å². The molecule has 3 rings (SSSR count). The van der Waals surface area contributed by atoms with E-state index in [1.165, 1.54) is 0 Å². The highest BCUT2D eigenvalue weighted by Crippen LogP contribution is 2.49. The number of fused-ring (bicyclic) bond motifs is 1. The lowest BCUT2D eigenvalue weighted by Gasteiger charge is -2.33. The Bertz CT molecular complexity index is 651. The van der Waals surface area contributed by atoms with Gasteiger partial charge >= 0.3 is 5.97 Å². The van der Waals surface area contributed by atoms with Gasteiger partial charge < -0.3 is 15.3 Å². The lowest BCUT2D eigenvalue weighted by Crippen LogP contribution is -2.26. The molecule has 0 spiro atoms. The van der Waals surface area contributed by atoms with E-state index in [2.05, 4.69) is 0 Å². The summed E-state index contributed by atoms with van der Waals surface area (Å²) in [6, 6.07) is 10.1. The fourth-order valence-electron chi connectivity index (χ4n) is 4.31. The first-order valence-corrected chi connectivity index (χ1v) is 12.1. The molecule has 1 saturated carbocycles. The number of aliphatic hydroxyl groups excluding tert-OH is 2. The molecule has 2 aliphatic rings. The summed E-state index contributed by atoms with van der Waals surface area (Å²) in [5.41, 5.74) is 0. The largest absolute Gasteiger partial charge is 0.481 e. The normalized spacial score (nSPS) is 31.0. The van der Waals surface area contributed by atoms with Crippen LogP contribution in [0.2, 0.25) is 0 Å². The molecular formula is C22H30O4S2. The van der Waals surface area contributed by atoms with E-state index in [1.54, 1.807) is 11.8 Å². The molecule has 28 heavy (non-hydrogen) atoms. The van der Waals surface area contributed by atoms with E-state index in [9.17, 15) is 15.0 Å². The van der Waals surface area contributed by atoms with Crippen molar-refractivity contribution in [2.24, 2.45) is 11.8 Å². The fourth-order valence-corrected chi connectivity index (χ4v) is 7.03. The molecule has 154 valence electrons. The molecule has 4 nitrogen and oxygen atoms in total. The van der Waals surface area contributed by atoms with Crippen LogP contribution in [0.25, 0.3) is 0 Å². The quantitative estimate of drug-likeness (QED) is 0.409. The van der Waals surface area contributed by atoms with Crippen LogP contribution in [-0.4, -0.2) is 49.7 Å². The molecule has 1 saturated heterocycles. The number of hydrogen-bond donors (Lipinski definition) is 3. The molecule has 0 unspecified atom stereocenters. The third kappa shape index (κ3) is 6.28. The van der Waals surface area contributed by atoms with E-state index < -0.39 is 12.1 Å². The van der Waals surface area contributed by atoms with Crippen LogP contribution in [0.4, 0.5) is 0 Å². The zero-order chi connectivity index (χ0) is 19.9. The van der Waals surface area contributed by atoms with Gasteiger partial charge in [-0.1, -0.05) is 30.4 Å². The maximum absolute atomic E-state index is 10.7. The van der Waals surface area contributed by atoms with Gasteiger partial charge in [0.2, 0.25) is 0 Å². The smallest absolute Gasteiger partial charge is 0.303 e. The van der Waals surface area contributed by atoms with Gasteiger partial charge in [-0.3, -0.25) is 4.79 Å². The van der Waals surface area contributed by atoms with Gasteiger partial charge in [-0.2, -0.15) is 11.8 Å². The molecule has 0 amide bonds. The topological polar surface area (TPSA) is 77.8 Å². The fraction of sp³-hybridized carbons (Fsp3) is 0.591. The number of thioether (sulfide) groups is 2. The first-order valence-electron chi connectivity index (χ1n) is 10.1. The van der Waals surface area contributed by atoms with Crippen molar-refractivity contribution in [3.05, 3.63) is 42.5 Å². The minimum Gasteiger partial charge on any atom is -0.481 e. The van der Waals surface area contributed by atoms with Gasteiger partial charge in [-0.25, -0.2) is 0 Å². The molecule has 1 aromatic rings. The van der Waals surface area contributed by atoms with Gasteiger partial charge in [0.1, 0.15) is 0 Å². The lowest BCUT2D eigenvalue weighted by atomic mass is 9.88. The van der Waals surface area contributed by atoms with Crippen LogP contribution in [0.1, 0.15) is 38.5 Å². The van der Waals surface area contributed by atoms with Crippen molar-refractivity contribution >= 4 is 29.5 Å². The summed E-state index contributed by atoms with van der Waals surface area (Å²) in [6.07, 6.45) is 7.94. The summed E-state index contributed by atoms with van der Waals surface area (Å²) < 4.78 is 0. The van der Waals surface area contributed by atoms with E-state index in [0.717, 1.165) is 37.0 Å². The summed E-state index contributed by atoms with van der Waals surface area (Å²) in [4.78, 5) is 11.8. The Balaban J connectivity index is 1.46. The Hall–Kier alpha value is -0.950. The number of carboxylic acids is 1. The molecule has 0 aromatic heterocycles. The monoisotopic (exact) mass is 422 g/mol. The molecule has 1 heterocycles. The maximum Gasteiger partial charge on any atom is 0.303 e. The first-order chi connectivity index (χ1) is 13.5. The van der Waals surface area contributed by atoms with Crippen LogP contribution >= 0.6 is 23.5 Å². The van der Waals surface area contributed by atoms with Crippen molar-refractivity contribution in [1.29, 1.82) is 0 Å². The molecule has 6 atom stereocenters. The Morgan fingerprint density at radius 1 is 1.29 bits per heavy atom.